The van der Waals surface area contributed by atoms with Crippen LogP contribution in [0.3, 0.4) is 0 Å². The summed E-state index contributed by atoms with van der Waals surface area (Å²) in [7, 11) is 0. The molecule has 0 amide bonds. The molecule has 0 aliphatic carbocycles. The maximum atomic E-state index is 5.87. The van der Waals surface area contributed by atoms with Crippen LogP contribution in [-0.4, -0.2) is 16.6 Å². The topological polar surface area (TPSA) is 37.0 Å². The summed E-state index contributed by atoms with van der Waals surface area (Å²) in [6, 6.07) is 3.64. The third-order valence-corrected chi connectivity index (χ3v) is 2.37. The van der Waals surface area contributed by atoms with E-state index in [1.54, 1.807) is 6.20 Å². The molecule has 0 atom stereocenters. The Morgan fingerprint density at radius 3 is 3.07 bits per heavy atom. The van der Waals surface area contributed by atoms with E-state index in [4.69, 9.17) is 23.8 Å². The van der Waals surface area contributed by atoms with Crippen molar-refractivity contribution in [1.29, 1.82) is 0 Å². The van der Waals surface area contributed by atoms with Crippen molar-refractivity contribution in [2.24, 2.45) is 0 Å². The molecule has 0 aliphatic rings. The van der Waals surface area contributed by atoms with Gasteiger partial charge in [0.15, 0.2) is 10.3 Å². The van der Waals surface area contributed by atoms with E-state index in [0.717, 1.165) is 25.1 Å². The molecular weight excluding hydrogens is 230 g/mol. The minimum absolute atomic E-state index is 0.428. The number of nitrogens with one attached hydrogen (secondary N) is 2. The van der Waals surface area contributed by atoms with Gasteiger partial charge in [0.1, 0.15) is 0 Å². The van der Waals surface area contributed by atoms with Crippen LogP contribution in [-0.2, 0) is 0 Å². The van der Waals surface area contributed by atoms with Crippen LogP contribution < -0.4 is 10.6 Å². The van der Waals surface area contributed by atoms with Gasteiger partial charge in [-0.2, -0.15) is 0 Å². The zero-order valence-corrected chi connectivity index (χ0v) is 10.2. The Morgan fingerprint density at radius 1 is 1.60 bits per heavy atom. The number of pyridine rings is 1. The Morgan fingerprint density at radius 2 is 2.40 bits per heavy atom. The normalized spacial score (nSPS) is 9.73. The molecule has 0 saturated carbocycles. The molecule has 0 aliphatic heterocycles. The summed E-state index contributed by atoms with van der Waals surface area (Å²) >= 11 is 11.0. The summed E-state index contributed by atoms with van der Waals surface area (Å²) in [5, 5.41) is 7.10. The molecular formula is C10H14ClN3S. The lowest BCUT2D eigenvalue weighted by atomic mass is 10.3. The van der Waals surface area contributed by atoms with Gasteiger partial charge in [0.05, 0.1) is 5.69 Å². The molecule has 0 unspecified atom stereocenters. The molecule has 1 rings (SSSR count). The fourth-order valence-electron chi connectivity index (χ4n) is 1.02. The highest BCUT2D eigenvalue weighted by atomic mass is 35.5. The zero-order chi connectivity index (χ0) is 11.1. The lowest BCUT2D eigenvalue weighted by molar-refractivity contribution is 0.758. The first-order valence-corrected chi connectivity index (χ1v) is 5.68. The van der Waals surface area contributed by atoms with Crippen LogP contribution in [0.4, 0.5) is 5.69 Å². The van der Waals surface area contributed by atoms with Crippen LogP contribution in [0.5, 0.6) is 0 Å². The summed E-state index contributed by atoms with van der Waals surface area (Å²) in [5.74, 6) is 0. The number of hydrogen-bond donors (Lipinski definition) is 2. The van der Waals surface area contributed by atoms with Gasteiger partial charge in [0.2, 0.25) is 0 Å². The van der Waals surface area contributed by atoms with Gasteiger partial charge < -0.3 is 10.6 Å². The van der Waals surface area contributed by atoms with Gasteiger partial charge in [0, 0.05) is 12.7 Å². The number of aromatic nitrogens is 1. The van der Waals surface area contributed by atoms with Gasteiger partial charge in [-0.15, -0.1) is 0 Å². The number of rotatable bonds is 4. The highest BCUT2D eigenvalue weighted by Gasteiger charge is 2.01. The summed E-state index contributed by atoms with van der Waals surface area (Å²) in [6.07, 6.45) is 3.88. The van der Waals surface area contributed by atoms with Gasteiger partial charge in [-0.1, -0.05) is 24.9 Å². The van der Waals surface area contributed by atoms with Crippen molar-refractivity contribution in [3.63, 3.8) is 0 Å². The molecule has 1 heterocycles. The van der Waals surface area contributed by atoms with Crippen molar-refractivity contribution in [1.82, 2.24) is 10.3 Å². The maximum absolute atomic E-state index is 5.87. The second kappa shape index (κ2) is 6.58. The predicted molar refractivity (Wildman–Crippen MR) is 68.4 cm³/mol. The average Bonchev–Trinajstić information content (AvgIpc) is 2.22. The molecule has 5 heteroatoms. The van der Waals surface area contributed by atoms with Gasteiger partial charge >= 0.3 is 0 Å². The first kappa shape index (κ1) is 12.2. The zero-order valence-electron chi connectivity index (χ0n) is 8.59. The molecule has 1 aromatic heterocycles. The lowest BCUT2D eigenvalue weighted by Gasteiger charge is -2.10. The van der Waals surface area contributed by atoms with E-state index >= 15 is 0 Å². The number of unbranched alkanes of at least 4 members (excludes halogenated alkanes) is 1. The van der Waals surface area contributed by atoms with Crippen LogP contribution in [0.2, 0.25) is 5.15 Å². The van der Waals surface area contributed by atoms with Crippen molar-refractivity contribution >= 4 is 34.6 Å². The SMILES string of the molecule is CCCCNC(=S)Nc1cccnc1Cl. The van der Waals surface area contributed by atoms with E-state index in [2.05, 4.69) is 22.5 Å². The summed E-state index contributed by atoms with van der Waals surface area (Å²) < 4.78 is 0. The Hall–Kier alpha value is -0.870. The van der Waals surface area contributed by atoms with Crippen molar-refractivity contribution < 1.29 is 0 Å². The molecule has 15 heavy (non-hydrogen) atoms. The van der Waals surface area contributed by atoms with Crippen molar-refractivity contribution in [3.8, 4) is 0 Å². The second-order valence-corrected chi connectivity index (χ2v) is 3.84. The van der Waals surface area contributed by atoms with Crippen LogP contribution in [0.15, 0.2) is 18.3 Å². The fourth-order valence-corrected chi connectivity index (χ4v) is 1.40. The minimum Gasteiger partial charge on any atom is -0.362 e. The average molecular weight is 244 g/mol. The van der Waals surface area contributed by atoms with Crippen LogP contribution in [0, 0.1) is 0 Å². The highest BCUT2D eigenvalue weighted by Crippen LogP contribution is 2.16. The Bertz CT molecular complexity index is 330. The quantitative estimate of drug-likeness (QED) is 0.485. The molecule has 3 nitrogen and oxygen atoms in total. The molecule has 0 radical (unpaired) electrons. The molecule has 2 N–H and O–H groups in total. The summed E-state index contributed by atoms with van der Waals surface area (Å²) in [4.78, 5) is 3.94. The van der Waals surface area contributed by atoms with Crippen LogP contribution in [0.1, 0.15) is 19.8 Å². The van der Waals surface area contributed by atoms with E-state index in [9.17, 15) is 0 Å². The summed E-state index contributed by atoms with van der Waals surface area (Å²) in [6.45, 7) is 3.01. The lowest BCUT2D eigenvalue weighted by Crippen LogP contribution is -2.29. The molecule has 82 valence electrons. The van der Waals surface area contributed by atoms with Gasteiger partial charge in [-0.05, 0) is 30.8 Å². The molecule has 0 spiro atoms. The van der Waals surface area contributed by atoms with E-state index in [1.165, 1.54) is 0 Å². The molecule has 1 aromatic rings. The predicted octanol–water partition coefficient (Wildman–Crippen LogP) is 2.82. The van der Waals surface area contributed by atoms with E-state index in [0.29, 0.717) is 10.3 Å². The van der Waals surface area contributed by atoms with Gasteiger partial charge in [0.25, 0.3) is 0 Å². The third kappa shape index (κ3) is 4.44. The van der Waals surface area contributed by atoms with E-state index in [-0.39, 0.29) is 0 Å². The number of hydrogen-bond acceptors (Lipinski definition) is 2. The van der Waals surface area contributed by atoms with Crippen molar-refractivity contribution in [2.75, 3.05) is 11.9 Å². The molecule has 0 saturated heterocycles. The first-order chi connectivity index (χ1) is 7.24. The number of anilines is 1. The third-order valence-electron chi connectivity index (χ3n) is 1.82. The Labute approximate surface area is 100 Å². The molecule has 0 aromatic carbocycles. The van der Waals surface area contributed by atoms with Crippen molar-refractivity contribution in [3.05, 3.63) is 23.5 Å². The smallest absolute Gasteiger partial charge is 0.170 e. The Balaban J connectivity index is 2.41. The second-order valence-electron chi connectivity index (χ2n) is 3.08. The molecule has 0 fully saturated rings. The highest BCUT2D eigenvalue weighted by molar-refractivity contribution is 7.80. The van der Waals surface area contributed by atoms with Crippen LogP contribution in [0.25, 0.3) is 0 Å². The summed E-state index contributed by atoms with van der Waals surface area (Å²) in [5.41, 5.74) is 0.730. The number of nitrogens with zero attached hydrogens (tertiary/aromatic N) is 1. The van der Waals surface area contributed by atoms with E-state index < -0.39 is 0 Å². The fraction of sp³-hybridized carbons (Fsp3) is 0.400. The Kier molecular flexibility index (Phi) is 5.36. The van der Waals surface area contributed by atoms with E-state index in [1.807, 2.05) is 12.1 Å². The van der Waals surface area contributed by atoms with Gasteiger partial charge in [-0.25, -0.2) is 4.98 Å². The standard InChI is InChI=1S/C10H14ClN3S/c1-2-3-6-13-10(15)14-8-5-4-7-12-9(8)11/h4-5,7H,2-3,6H2,1H3,(H2,13,14,15). The minimum atomic E-state index is 0.428. The maximum Gasteiger partial charge on any atom is 0.170 e. The molecule has 0 bridgehead atoms. The first-order valence-electron chi connectivity index (χ1n) is 4.89. The number of thiocarbonyl (C=S) groups is 1. The van der Waals surface area contributed by atoms with Crippen LogP contribution >= 0.6 is 23.8 Å². The largest absolute Gasteiger partial charge is 0.362 e. The van der Waals surface area contributed by atoms with Crippen molar-refractivity contribution in [2.45, 2.75) is 19.8 Å². The monoisotopic (exact) mass is 243 g/mol. The van der Waals surface area contributed by atoms with Gasteiger partial charge in [-0.3, -0.25) is 0 Å². The number of halogens is 1.